The summed E-state index contributed by atoms with van der Waals surface area (Å²) in [4.78, 5) is 16.9. The lowest BCUT2D eigenvalue weighted by molar-refractivity contribution is -0.135. The first-order valence-corrected chi connectivity index (χ1v) is 7.92. The summed E-state index contributed by atoms with van der Waals surface area (Å²) in [5.74, 6) is 0.443. The van der Waals surface area contributed by atoms with E-state index in [-0.39, 0.29) is 17.9 Å². The Morgan fingerprint density at radius 1 is 1.21 bits per heavy atom. The molecule has 2 atom stereocenters. The molecule has 0 spiro atoms. The summed E-state index contributed by atoms with van der Waals surface area (Å²) >= 11 is 0. The molecule has 0 aromatic heterocycles. The van der Waals surface area contributed by atoms with E-state index in [1.165, 1.54) is 25.9 Å². The summed E-state index contributed by atoms with van der Waals surface area (Å²) in [6.45, 7) is 8.46. The van der Waals surface area contributed by atoms with Gasteiger partial charge in [-0.15, -0.1) is 0 Å². The van der Waals surface area contributed by atoms with E-state index in [1.807, 2.05) is 4.90 Å². The van der Waals surface area contributed by atoms with E-state index in [2.05, 4.69) is 18.7 Å². The lowest BCUT2D eigenvalue weighted by Crippen LogP contribution is -2.52. The van der Waals surface area contributed by atoms with Crippen LogP contribution in [0, 0.1) is 5.92 Å². The zero-order valence-corrected chi connectivity index (χ0v) is 12.5. The van der Waals surface area contributed by atoms with E-state index in [0.29, 0.717) is 6.04 Å². The molecule has 19 heavy (non-hydrogen) atoms. The molecule has 1 amide bonds. The van der Waals surface area contributed by atoms with Crippen LogP contribution in [0.15, 0.2) is 0 Å². The Balaban J connectivity index is 1.80. The van der Waals surface area contributed by atoms with Crippen molar-refractivity contribution in [2.24, 2.45) is 11.7 Å². The molecule has 1 unspecified atom stereocenters. The van der Waals surface area contributed by atoms with Gasteiger partial charge in [-0.1, -0.05) is 20.3 Å². The van der Waals surface area contributed by atoms with Gasteiger partial charge in [-0.3, -0.25) is 4.79 Å². The molecule has 0 aromatic carbocycles. The first-order chi connectivity index (χ1) is 9.13. The number of carbonyl (C=O) groups is 1. The highest BCUT2D eigenvalue weighted by Crippen LogP contribution is 2.22. The topological polar surface area (TPSA) is 49.6 Å². The number of likely N-dealkylation sites (tertiary alicyclic amines) is 2. The first-order valence-electron chi connectivity index (χ1n) is 7.92. The minimum atomic E-state index is -0.312. The highest BCUT2D eigenvalue weighted by molar-refractivity contribution is 5.82. The number of nitrogens with two attached hydrogens (primary N) is 1. The fourth-order valence-electron chi connectivity index (χ4n) is 3.27. The predicted octanol–water partition coefficient (Wildman–Crippen LogP) is 1.45. The number of piperidine rings is 1. The Hall–Kier alpha value is -0.610. The Bertz CT molecular complexity index is 294. The third kappa shape index (κ3) is 3.48. The van der Waals surface area contributed by atoms with Crippen LogP contribution in [0.4, 0.5) is 0 Å². The summed E-state index contributed by atoms with van der Waals surface area (Å²) in [5, 5.41) is 0. The number of hydrogen-bond acceptors (Lipinski definition) is 3. The normalized spacial score (nSPS) is 25.5. The van der Waals surface area contributed by atoms with E-state index >= 15 is 0 Å². The average molecular weight is 267 g/mol. The zero-order chi connectivity index (χ0) is 13.8. The molecular weight excluding hydrogens is 238 g/mol. The molecule has 4 nitrogen and oxygen atoms in total. The van der Waals surface area contributed by atoms with Crippen LogP contribution in [0.5, 0.6) is 0 Å². The second-order valence-corrected chi connectivity index (χ2v) is 6.21. The number of hydrogen-bond donors (Lipinski definition) is 1. The van der Waals surface area contributed by atoms with Crippen LogP contribution < -0.4 is 5.73 Å². The summed E-state index contributed by atoms with van der Waals surface area (Å²) in [5.41, 5.74) is 6.06. The SMILES string of the molecule is CCC(C)[C@H](N)C(=O)N1CCC(N2CCCC2)CC1. The molecule has 0 bridgehead atoms. The second-order valence-electron chi connectivity index (χ2n) is 6.21. The summed E-state index contributed by atoms with van der Waals surface area (Å²) in [7, 11) is 0. The largest absolute Gasteiger partial charge is 0.341 e. The van der Waals surface area contributed by atoms with E-state index in [1.54, 1.807) is 0 Å². The third-order valence-electron chi connectivity index (χ3n) is 4.98. The van der Waals surface area contributed by atoms with Crippen molar-refractivity contribution < 1.29 is 4.79 Å². The third-order valence-corrected chi connectivity index (χ3v) is 4.98. The smallest absolute Gasteiger partial charge is 0.239 e. The lowest BCUT2D eigenvalue weighted by Gasteiger charge is -2.38. The van der Waals surface area contributed by atoms with Crippen molar-refractivity contribution in [3.05, 3.63) is 0 Å². The predicted molar refractivity (Wildman–Crippen MR) is 77.8 cm³/mol. The van der Waals surface area contributed by atoms with E-state index < -0.39 is 0 Å². The maximum atomic E-state index is 12.3. The molecular formula is C15H29N3O. The molecule has 2 aliphatic rings. The molecule has 2 saturated heterocycles. The van der Waals surface area contributed by atoms with Crippen LogP contribution in [0.1, 0.15) is 46.0 Å². The number of carbonyl (C=O) groups excluding carboxylic acids is 1. The van der Waals surface area contributed by atoms with Crippen molar-refractivity contribution in [2.45, 2.75) is 58.0 Å². The molecule has 0 aliphatic carbocycles. The van der Waals surface area contributed by atoms with E-state index in [9.17, 15) is 4.79 Å². The number of amides is 1. The Labute approximate surface area is 117 Å². The van der Waals surface area contributed by atoms with Crippen molar-refractivity contribution in [1.29, 1.82) is 0 Å². The van der Waals surface area contributed by atoms with E-state index in [0.717, 1.165) is 32.4 Å². The van der Waals surface area contributed by atoms with Gasteiger partial charge in [0.25, 0.3) is 0 Å². The van der Waals surface area contributed by atoms with Gasteiger partial charge in [0.15, 0.2) is 0 Å². The van der Waals surface area contributed by atoms with Gasteiger partial charge >= 0.3 is 0 Å². The minimum absolute atomic E-state index is 0.161. The Morgan fingerprint density at radius 2 is 1.79 bits per heavy atom. The molecule has 0 saturated carbocycles. The molecule has 2 N–H and O–H groups in total. The first kappa shape index (κ1) is 14.8. The number of rotatable bonds is 4. The Kier molecular flexibility index (Phi) is 5.22. The van der Waals surface area contributed by atoms with Crippen molar-refractivity contribution in [1.82, 2.24) is 9.80 Å². The molecule has 2 heterocycles. The van der Waals surface area contributed by atoms with Crippen LogP contribution in [0.25, 0.3) is 0 Å². The molecule has 0 radical (unpaired) electrons. The van der Waals surface area contributed by atoms with Crippen LogP contribution in [0.3, 0.4) is 0 Å². The fourth-order valence-corrected chi connectivity index (χ4v) is 3.27. The van der Waals surface area contributed by atoms with Crippen molar-refractivity contribution >= 4 is 5.91 Å². The van der Waals surface area contributed by atoms with Crippen LogP contribution in [-0.2, 0) is 4.79 Å². The summed E-state index contributed by atoms with van der Waals surface area (Å²) in [6, 6.07) is 0.389. The van der Waals surface area contributed by atoms with Crippen molar-refractivity contribution in [2.75, 3.05) is 26.2 Å². The van der Waals surface area contributed by atoms with Gasteiger partial charge in [-0.2, -0.15) is 0 Å². The second kappa shape index (κ2) is 6.71. The fraction of sp³-hybridized carbons (Fsp3) is 0.933. The van der Waals surface area contributed by atoms with Gasteiger partial charge in [-0.05, 0) is 44.7 Å². The molecule has 2 rings (SSSR count). The van der Waals surface area contributed by atoms with Gasteiger partial charge in [-0.25, -0.2) is 0 Å². The lowest BCUT2D eigenvalue weighted by atomic mass is 9.97. The van der Waals surface area contributed by atoms with Gasteiger partial charge in [0.1, 0.15) is 0 Å². The average Bonchev–Trinajstić information content (AvgIpc) is 2.99. The van der Waals surface area contributed by atoms with Crippen molar-refractivity contribution in [3.63, 3.8) is 0 Å². The Morgan fingerprint density at radius 3 is 2.32 bits per heavy atom. The van der Waals surface area contributed by atoms with E-state index in [4.69, 9.17) is 5.73 Å². The quantitative estimate of drug-likeness (QED) is 0.838. The van der Waals surface area contributed by atoms with Gasteiger partial charge in [0, 0.05) is 19.1 Å². The van der Waals surface area contributed by atoms with Crippen LogP contribution >= 0.6 is 0 Å². The minimum Gasteiger partial charge on any atom is -0.341 e. The highest BCUT2D eigenvalue weighted by atomic mass is 16.2. The van der Waals surface area contributed by atoms with Gasteiger partial charge in [0.2, 0.25) is 5.91 Å². The molecule has 4 heteroatoms. The summed E-state index contributed by atoms with van der Waals surface area (Å²) < 4.78 is 0. The number of nitrogens with zero attached hydrogens (tertiary/aromatic N) is 2. The molecule has 2 fully saturated rings. The maximum absolute atomic E-state index is 12.3. The standard InChI is InChI=1S/C15H29N3O/c1-3-12(2)14(16)15(19)18-10-6-13(7-11-18)17-8-4-5-9-17/h12-14H,3-11,16H2,1-2H3/t12?,14-/m0/s1. The van der Waals surface area contributed by atoms with Gasteiger partial charge < -0.3 is 15.5 Å². The monoisotopic (exact) mass is 267 g/mol. The highest BCUT2D eigenvalue weighted by Gasteiger charge is 2.31. The molecule has 110 valence electrons. The van der Waals surface area contributed by atoms with Crippen molar-refractivity contribution in [3.8, 4) is 0 Å². The molecule has 2 aliphatic heterocycles. The summed E-state index contributed by atoms with van der Waals surface area (Å²) in [6.07, 6.45) is 5.91. The van der Waals surface area contributed by atoms with Gasteiger partial charge in [0.05, 0.1) is 6.04 Å². The van der Waals surface area contributed by atoms with Crippen LogP contribution in [0.2, 0.25) is 0 Å². The zero-order valence-electron chi connectivity index (χ0n) is 12.5. The molecule has 0 aromatic rings. The maximum Gasteiger partial charge on any atom is 0.239 e. The van der Waals surface area contributed by atoms with Crippen LogP contribution in [-0.4, -0.2) is 54.0 Å².